The van der Waals surface area contributed by atoms with E-state index in [0.29, 0.717) is 12.0 Å². The van der Waals surface area contributed by atoms with Gasteiger partial charge in [0.15, 0.2) is 0 Å². The summed E-state index contributed by atoms with van der Waals surface area (Å²) in [5, 5.41) is 3.46. The molecule has 0 spiro atoms. The van der Waals surface area contributed by atoms with Gasteiger partial charge in [0.1, 0.15) is 0 Å². The van der Waals surface area contributed by atoms with Crippen LogP contribution in [-0.4, -0.2) is 32.1 Å². The van der Waals surface area contributed by atoms with Crippen molar-refractivity contribution in [3.05, 3.63) is 34.3 Å². The third kappa shape index (κ3) is 2.47. The van der Waals surface area contributed by atoms with E-state index in [2.05, 4.69) is 64.5 Å². The molecule has 88 valence electrons. The molecule has 1 aliphatic rings. The highest BCUT2D eigenvalue weighted by Gasteiger charge is 2.28. The number of rotatable bonds is 3. The molecule has 0 radical (unpaired) electrons. The molecule has 2 rings (SSSR count). The molecule has 1 saturated heterocycles. The van der Waals surface area contributed by atoms with Crippen molar-refractivity contribution in [1.82, 2.24) is 10.2 Å². The monoisotopic (exact) mass is 282 g/mol. The standard InChI is InChI=1S/C13H19BrN2/c1-15-13(10-7-8-16(2)9-10)11-5-3-4-6-12(11)14/h3-6,10,13,15H,7-9H2,1-2H3. The Morgan fingerprint density at radius 3 is 2.75 bits per heavy atom. The van der Waals surface area contributed by atoms with Crippen molar-refractivity contribution < 1.29 is 0 Å². The van der Waals surface area contributed by atoms with Gasteiger partial charge in [-0.3, -0.25) is 0 Å². The van der Waals surface area contributed by atoms with E-state index >= 15 is 0 Å². The quantitative estimate of drug-likeness (QED) is 0.917. The van der Waals surface area contributed by atoms with Crippen molar-refractivity contribution in [1.29, 1.82) is 0 Å². The predicted octanol–water partition coefficient (Wildman–Crippen LogP) is 2.66. The lowest BCUT2D eigenvalue weighted by Crippen LogP contribution is -2.27. The lowest BCUT2D eigenvalue weighted by Gasteiger charge is -2.24. The second kappa shape index (κ2) is 5.30. The van der Waals surface area contributed by atoms with Gasteiger partial charge in [-0.15, -0.1) is 0 Å². The normalized spacial score (nSPS) is 23.6. The highest BCUT2D eigenvalue weighted by atomic mass is 79.9. The zero-order valence-electron chi connectivity index (χ0n) is 9.91. The summed E-state index contributed by atoms with van der Waals surface area (Å²) in [4.78, 5) is 2.41. The van der Waals surface area contributed by atoms with Crippen LogP contribution in [-0.2, 0) is 0 Å². The van der Waals surface area contributed by atoms with Gasteiger partial charge < -0.3 is 10.2 Å². The Hall–Kier alpha value is -0.380. The van der Waals surface area contributed by atoms with Gasteiger partial charge in [0.2, 0.25) is 0 Å². The first-order valence-corrected chi connectivity index (χ1v) is 6.62. The maximum atomic E-state index is 3.65. The lowest BCUT2D eigenvalue weighted by atomic mass is 9.92. The molecule has 1 aromatic rings. The molecule has 1 aromatic carbocycles. The van der Waals surface area contributed by atoms with Crippen LogP contribution in [0.25, 0.3) is 0 Å². The predicted molar refractivity (Wildman–Crippen MR) is 71.5 cm³/mol. The molecule has 0 aliphatic carbocycles. The summed E-state index contributed by atoms with van der Waals surface area (Å²) in [6.45, 7) is 2.40. The summed E-state index contributed by atoms with van der Waals surface area (Å²) >= 11 is 3.65. The molecule has 2 nitrogen and oxygen atoms in total. The number of benzene rings is 1. The zero-order valence-corrected chi connectivity index (χ0v) is 11.5. The average molecular weight is 283 g/mol. The Morgan fingerprint density at radius 1 is 1.44 bits per heavy atom. The fourth-order valence-electron chi connectivity index (χ4n) is 2.61. The summed E-state index contributed by atoms with van der Waals surface area (Å²) in [6, 6.07) is 8.98. The Labute approximate surface area is 106 Å². The van der Waals surface area contributed by atoms with Crippen molar-refractivity contribution in [3.8, 4) is 0 Å². The molecule has 3 heteroatoms. The highest BCUT2D eigenvalue weighted by Crippen LogP contribution is 2.32. The summed E-state index contributed by atoms with van der Waals surface area (Å²) in [5.74, 6) is 0.716. The molecule has 2 unspecified atom stereocenters. The number of hydrogen-bond donors (Lipinski definition) is 1. The highest BCUT2D eigenvalue weighted by molar-refractivity contribution is 9.10. The largest absolute Gasteiger partial charge is 0.313 e. The molecule has 2 atom stereocenters. The van der Waals surface area contributed by atoms with Gasteiger partial charge >= 0.3 is 0 Å². The molecule has 1 fully saturated rings. The molecular weight excluding hydrogens is 264 g/mol. The SMILES string of the molecule is CNC(c1ccccc1Br)C1CCN(C)C1. The van der Waals surface area contributed by atoms with Crippen molar-refractivity contribution in [2.24, 2.45) is 5.92 Å². The van der Waals surface area contributed by atoms with Crippen LogP contribution in [0, 0.1) is 5.92 Å². The maximum absolute atomic E-state index is 3.65. The van der Waals surface area contributed by atoms with E-state index in [4.69, 9.17) is 0 Å². The molecule has 16 heavy (non-hydrogen) atoms. The summed E-state index contributed by atoms with van der Waals surface area (Å²) in [6.07, 6.45) is 1.28. The van der Waals surface area contributed by atoms with Crippen LogP contribution >= 0.6 is 15.9 Å². The number of likely N-dealkylation sites (tertiary alicyclic amines) is 1. The minimum atomic E-state index is 0.459. The van der Waals surface area contributed by atoms with Crippen LogP contribution in [0.2, 0.25) is 0 Å². The van der Waals surface area contributed by atoms with Crippen LogP contribution in [0.1, 0.15) is 18.0 Å². The van der Waals surface area contributed by atoms with E-state index in [9.17, 15) is 0 Å². The number of nitrogens with one attached hydrogen (secondary N) is 1. The third-order valence-corrected chi connectivity index (χ3v) is 4.17. The number of hydrogen-bond acceptors (Lipinski definition) is 2. The zero-order chi connectivity index (χ0) is 11.5. The van der Waals surface area contributed by atoms with Gasteiger partial charge in [0.25, 0.3) is 0 Å². The van der Waals surface area contributed by atoms with E-state index in [-0.39, 0.29) is 0 Å². The Morgan fingerprint density at radius 2 is 2.19 bits per heavy atom. The molecule has 1 N–H and O–H groups in total. The molecule has 1 heterocycles. The summed E-state index contributed by atoms with van der Waals surface area (Å²) in [7, 11) is 4.26. The second-order valence-electron chi connectivity index (χ2n) is 4.60. The minimum absolute atomic E-state index is 0.459. The van der Waals surface area contributed by atoms with E-state index < -0.39 is 0 Å². The molecule has 0 amide bonds. The first-order valence-electron chi connectivity index (χ1n) is 5.82. The van der Waals surface area contributed by atoms with Gasteiger partial charge in [0, 0.05) is 17.1 Å². The second-order valence-corrected chi connectivity index (χ2v) is 5.45. The number of nitrogens with zero attached hydrogens (tertiary/aromatic N) is 1. The van der Waals surface area contributed by atoms with Crippen LogP contribution < -0.4 is 5.32 Å². The van der Waals surface area contributed by atoms with E-state index in [0.717, 1.165) is 0 Å². The number of halogens is 1. The smallest absolute Gasteiger partial charge is 0.0370 e. The van der Waals surface area contributed by atoms with Gasteiger partial charge in [-0.25, -0.2) is 0 Å². The van der Waals surface area contributed by atoms with Crippen molar-refractivity contribution in [2.75, 3.05) is 27.2 Å². The molecular formula is C13H19BrN2. The van der Waals surface area contributed by atoms with Gasteiger partial charge in [0.05, 0.1) is 0 Å². The van der Waals surface area contributed by atoms with Gasteiger partial charge in [-0.1, -0.05) is 34.1 Å². The van der Waals surface area contributed by atoms with E-state index in [1.54, 1.807) is 0 Å². The van der Waals surface area contributed by atoms with Crippen LogP contribution in [0.4, 0.5) is 0 Å². The van der Waals surface area contributed by atoms with Crippen LogP contribution in [0.5, 0.6) is 0 Å². The van der Waals surface area contributed by atoms with Crippen molar-refractivity contribution in [2.45, 2.75) is 12.5 Å². The van der Waals surface area contributed by atoms with E-state index in [1.807, 2.05) is 0 Å². The Bertz CT molecular complexity index is 354. The lowest BCUT2D eigenvalue weighted by molar-refractivity contribution is 0.350. The topological polar surface area (TPSA) is 15.3 Å². The van der Waals surface area contributed by atoms with Crippen molar-refractivity contribution in [3.63, 3.8) is 0 Å². The molecule has 0 bridgehead atoms. The maximum Gasteiger partial charge on any atom is 0.0370 e. The van der Waals surface area contributed by atoms with Gasteiger partial charge in [-0.05, 0) is 44.6 Å². The first kappa shape index (κ1) is 12.1. The fraction of sp³-hybridized carbons (Fsp3) is 0.538. The van der Waals surface area contributed by atoms with E-state index in [1.165, 1.54) is 29.5 Å². The van der Waals surface area contributed by atoms with Crippen LogP contribution in [0.15, 0.2) is 28.7 Å². The van der Waals surface area contributed by atoms with Gasteiger partial charge in [-0.2, -0.15) is 0 Å². The van der Waals surface area contributed by atoms with Crippen molar-refractivity contribution >= 4 is 15.9 Å². The first-order chi connectivity index (χ1) is 7.72. The van der Waals surface area contributed by atoms with Crippen LogP contribution in [0.3, 0.4) is 0 Å². The average Bonchev–Trinajstić information content (AvgIpc) is 2.69. The Balaban J connectivity index is 2.19. The fourth-order valence-corrected chi connectivity index (χ4v) is 3.15. The molecule has 0 aromatic heterocycles. The Kier molecular flexibility index (Phi) is 4.00. The molecule has 1 aliphatic heterocycles. The minimum Gasteiger partial charge on any atom is -0.313 e. The third-order valence-electron chi connectivity index (χ3n) is 3.45. The summed E-state index contributed by atoms with van der Waals surface area (Å²) < 4.78 is 1.21. The molecule has 0 saturated carbocycles. The summed E-state index contributed by atoms with van der Waals surface area (Å²) in [5.41, 5.74) is 1.38.